The summed E-state index contributed by atoms with van der Waals surface area (Å²) in [6.45, 7) is 0. The number of nitrogens with zero attached hydrogens (tertiary/aromatic N) is 1. The Hall–Kier alpha value is -3.08. The summed E-state index contributed by atoms with van der Waals surface area (Å²) >= 11 is 0. The van der Waals surface area contributed by atoms with Crippen molar-refractivity contribution in [2.45, 2.75) is 0 Å². The monoisotopic (exact) mass is 276 g/mol. The van der Waals surface area contributed by atoms with Gasteiger partial charge in [-0.1, -0.05) is 30.3 Å². The molecule has 0 unspecified atom stereocenters. The Morgan fingerprint density at radius 3 is 2.95 bits per heavy atom. The van der Waals surface area contributed by atoms with Crippen molar-refractivity contribution in [2.75, 3.05) is 5.32 Å². The molecular weight excluding hydrogens is 264 g/mol. The first-order valence-electron chi connectivity index (χ1n) is 6.62. The number of aromatic amines is 2. The van der Waals surface area contributed by atoms with Crippen molar-refractivity contribution in [3.63, 3.8) is 0 Å². The number of carbonyl (C=O) groups is 1. The summed E-state index contributed by atoms with van der Waals surface area (Å²) < 4.78 is 0. The van der Waals surface area contributed by atoms with Crippen LogP contribution >= 0.6 is 0 Å². The van der Waals surface area contributed by atoms with Crippen LogP contribution < -0.4 is 5.32 Å². The van der Waals surface area contributed by atoms with E-state index in [4.69, 9.17) is 0 Å². The molecule has 0 spiro atoms. The molecule has 0 aliphatic rings. The topological polar surface area (TPSA) is 73.6 Å². The van der Waals surface area contributed by atoms with E-state index in [1.807, 2.05) is 42.5 Å². The average Bonchev–Trinajstić information content (AvgIpc) is 3.14. The van der Waals surface area contributed by atoms with Crippen molar-refractivity contribution in [1.82, 2.24) is 15.2 Å². The number of nitrogens with one attached hydrogen (secondary N) is 3. The molecule has 0 radical (unpaired) electrons. The SMILES string of the molecule is O=C(Nc1cccc2cn[nH]c12)c1c[nH]c2ccccc12. The number of benzene rings is 2. The van der Waals surface area contributed by atoms with Gasteiger partial charge in [-0.25, -0.2) is 0 Å². The van der Waals surface area contributed by atoms with Crippen molar-refractivity contribution >= 4 is 33.4 Å². The van der Waals surface area contributed by atoms with Gasteiger partial charge in [-0.2, -0.15) is 5.10 Å². The molecule has 3 N–H and O–H groups in total. The number of fused-ring (bicyclic) bond motifs is 2. The minimum absolute atomic E-state index is 0.144. The van der Waals surface area contributed by atoms with Crippen LogP contribution in [0.4, 0.5) is 5.69 Å². The van der Waals surface area contributed by atoms with E-state index in [2.05, 4.69) is 20.5 Å². The van der Waals surface area contributed by atoms with Gasteiger partial charge in [0.15, 0.2) is 0 Å². The van der Waals surface area contributed by atoms with E-state index in [1.54, 1.807) is 12.4 Å². The van der Waals surface area contributed by atoms with Crippen LogP contribution in [0.25, 0.3) is 21.8 Å². The molecule has 0 saturated carbocycles. The standard InChI is InChI=1S/C16H12N4O/c21-16(12-9-17-13-6-2-1-5-11(12)13)19-14-7-3-4-10-8-18-20-15(10)14/h1-9,17H,(H,18,20)(H,19,21). The summed E-state index contributed by atoms with van der Waals surface area (Å²) in [7, 11) is 0. The molecular formula is C16H12N4O. The Balaban J connectivity index is 1.74. The second-order valence-electron chi connectivity index (χ2n) is 4.84. The van der Waals surface area contributed by atoms with Crippen LogP contribution in [-0.4, -0.2) is 21.1 Å². The van der Waals surface area contributed by atoms with Gasteiger partial charge >= 0.3 is 0 Å². The van der Waals surface area contributed by atoms with Crippen molar-refractivity contribution < 1.29 is 4.79 Å². The number of amides is 1. The highest BCUT2D eigenvalue weighted by Gasteiger charge is 2.13. The normalized spacial score (nSPS) is 11.0. The smallest absolute Gasteiger partial charge is 0.257 e. The first-order chi connectivity index (χ1) is 10.3. The van der Waals surface area contributed by atoms with E-state index in [-0.39, 0.29) is 5.91 Å². The number of para-hydroxylation sites is 2. The highest BCUT2D eigenvalue weighted by Crippen LogP contribution is 2.23. The van der Waals surface area contributed by atoms with Crippen molar-refractivity contribution in [1.29, 1.82) is 0 Å². The molecule has 0 aliphatic carbocycles. The van der Waals surface area contributed by atoms with Gasteiger partial charge in [0.05, 0.1) is 23.0 Å². The maximum atomic E-state index is 12.5. The lowest BCUT2D eigenvalue weighted by Crippen LogP contribution is -2.11. The number of hydrogen-bond donors (Lipinski definition) is 3. The van der Waals surface area contributed by atoms with Crippen LogP contribution in [0.3, 0.4) is 0 Å². The Morgan fingerprint density at radius 2 is 2.00 bits per heavy atom. The molecule has 2 heterocycles. The number of rotatable bonds is 2. The zero-order valence-corrected chi connectivity index (χ0v) is 11.1. The summed E-state index contributed by atoms with van der Waals surface area (Å²) in [4.78, 5) is 15.6. The maximum absolute atomic E-state index is 12.5. The lowest BCUT2D eigenvalue weighted by molar-refractivity contribution is 0.102. The van der Waals surface area contributed by atoms with Crippen LogP contribution in [0.2, 0.25) is 0 Å². The van der Waals surface area contributed by atoms with Gasteiger partial charge in [-0.15, -0.1) is 0 Å². The first kappa shape index (κ1) is 11.7. The summed E-state index contributed by atoms with van der Waals surface area (Å²) in [5, 5.41) is 11.7. The maximum Gasteiger partial charge on any atom is 0.257 e. The van der Waals surface area contributed by atoms with Crippen LogP contribution in [0.5, 0.6) is 0 Å². The van der Waals surface area contributed by atoms with E-state index in [1.165, 1.54) is 0 Å². The molecule has 0 bridgehead atoms. The minimum atomic E-state index is -0.144. The third-order valence-electron chi connectivity index (χ3n) is 3.56. The predicted octanol–water partition coefficient (Wildman–Crippen LogP) is 3.30. The highest BCUT2D eigenvalue weighted by atomic mass is 16.1. The number of carbonyl (C=O) groups excluding carboxylic acids is 1. The molecule has 4 rings (SSSR count). The van der Waals surface area contributed by atoms with Crippen LogP contribution in [0.1, 0.15) is 10.4 Å². The molecule has 2 aromatic carbocycles. The molecule has 5 heteroatoms. The largest absolute Gasteiger partial charge is 0.360 e. The minimum Gasteiger partial charge on any atom is -0.360 e. The quantitative estimate of drug-likeness (QED) is 0.525. The molecule has 0 fully saturated rings. The lowest BCUT2D eigenvalue weighted by atomic mass is 10.1. The van der Waals surface area contributed by atoms with E-state index >= 15 is 0 Å². The average molecular weight is 276 g/mol. The van der Waals surface area contributed by atoms with E-state index in [0.29, 0.717) is 5.56 Å². The molecule has 21 heavy (non-hydrogen) atoms. The fraction of sp³-hybridized carbons (Fsp3) is 0. The lowest BCUT2D eigenvalue weighted by Gasteiger charge is -2.05. The number of hydrogen-bond acceptors (Lipinski definition) is 2. The molecule has 102 valence electrons. The number of aromatic nitrogens is 3. The fourth-order valence-corrected chi connectivity index (χ4v) is 2.52. The zero-order valence-electron chi connectivity index (χ0n) is 11.1. The van der Waals surface area contributed by atoms with Gasteiger partial charge in [0.2, 0.25) is 0 Å². The summed E-state index contributed by atoms with van der Waals surface area (Å²) in [6, 6.07) is 13.4. The second kappa shape index (κ2) is 4.49. The Kier molecular flexibility index (Phi) is 2.50. The third kappa shape index (κ3) is 1.87. The fourth-order valence-electron chi connectivity index (χ4n) is 2.52. The molecule has 0 atom stereocenters. The molecule has 0 aliphatic heterocycles. The molecule has 0 saturated heterocycles. The number of H-pyrrole nitrogens is 2. The van der Waals surface area contributed by atoms with Gasteiger partial charge in [-0.3, -0.25) is 9.89 Å². The van der Waals surface area contributed by atoms with Gasteiger partial charge in [0.25, 0.3) is 5.91 Å². The summed E-state index contributed by atoms with van der Waals surface area (Å²) in [6.07, 6.45) is 3.46. The van der Waals surface area contributed by atoms with Gasteiger partial charge in [-0.05, 0) is 12.1 Å². The van der Waals surface area contributed by atoms with E-state index < -0.39 is 0 Å². The van der Waals surface area contributed by atoms with Crippen molar-refractivity contribution in [3.05, 3.63) is 60.4 Å². The molecule has 2 aromatic heterocycles. The summed E-state index contributed by atoms with van der Waals surface area (Å²) in [5.74, 6) is -0.144. The molecule has 5 nitrogen and oxygen atoms in total. The van der Waals surface area contributed by atoms with Crippen LogP contribution in [-0.2, 0) is 0 Å². The third-order valence-corrected chi connectivity index (χ3v) is 3.56. The Labute approximate surface area is 120 Å². The highest BCUT2D eigenvalue weighted by molar-refractivity contribution is 6.14. The van der Waals surface area contributed by atoms with E-state index in [9.17, 15) is 4.79 Å². The van der Waals surface area contributed by atoms with Crippen molar-refractivity contribution in [2.24, 2.45) is 0 Å². The Morgan fingerprint density at radius 1 is 1.10 bits per heavy atom. The van der Waals surface area contributed by atoms with Crippen molar-refractivity contribution in [3.8, 4) is 0 Å². The van der Waals surface area contributed by atoms with Gasteiger partial charge in [0.1, 0.15) is 0 Å². The van der Waals surface area contributed by atoms with Gasteiger partial charge in [0, 0.05) is 22.5 Å². The number of anilines is 1. The first-order valence-corrected chi connectivity index (χ1v) is 6.62. The second-order valence-corrected chi connectivity index (χ2v) is 4.84. The van der Waals surface area contributed by atoms with E-state index in [0.717, 1.165) is 27.5 Å². The molecule has 1 amide bonds. The van der Waals surface area contributed by atoms with Crippen LogP contribution in [0.15, 0.2) is 54.9 Å². The zero-order chi connectivity index (χ0) is 14.2. The summed E-state index contributed by atoms with van der Waals surface area (Å²) in [5.41, 5.74) is 3.12. The van der Waals surface area contributed by atoms with Gasteiger partial charge < -0.3 is 10.3 Å². The molecule has 4 aromatic rings. The van der Waals surface area contributed by atoms with Crippen LogP contribution in [0, 0.1) is 0 Å². The Bertz CT molecular complexity index is 951. The predicted molar refractivity (Wildman–Crippen MR) is 82.3 cm³/mol.